The maximum Gasteiger partial charge on any atom is 0.338 e. The maximum atomic E-state index is 13.0. The van der Waals surface area contributed by atoms with Gasteiger partial charge in [0, 0.05) is 7.05 Å². The Bertz CT molecular complexity index is 1090. The highest BCUT2D eigenvalue weighted by atomic mass is 32.2. The van der Waals surface area contributed by atoms with Gasteiger partial charge in [-0.05, 0) is 43.7 Å². The van der Waals surface area contributed by atoms with Crippen LogP contribution in [0.25, 0.3) is 0 Å². The van der Waals surface area contributed by atoms with E-state index in [1.165, 1.54) is 24.3 Å². The third kappa shape index (κ3) is 4.52. The van der Waals surface area contributed by atoms with E-state index in [-0.39, 0.29) is 17.1 Å². The molecule has 0 saturated carbocycles. The van der Waals surface area contributed by atoms with Crippen LogP contribution in [0.2, 0.25) is 0 Å². The number of aryl methyl sites for hydroxylation is 1. The van der Waals surface area contributed by atoms with E-state index in [0.717, 1.165) is 5.56 Å². The molecular formula is C20H22N4O4S. The van der Waals surface area contributed by atoms with Gasteiger partial charge in [-0.25, -0.2) is 13.2 Å². The molecule has 3 rings (SSSR count). The lowest BCUT2D eigenvalue weighted by atomic mass is 10.1. The quantitative estimate of drug-likeness (QED) is 0.596. The van der Waals surface area contributed by atoms with Crippen LogP contribution in [0.4, 0.5) is 0 Å². The Morgan fingerprint density at radius 3 is 2.31 bits per heavy atom. The van der Waals surface area contributed by atoms with E-state index in [4.69, 9.17) is 4.74 Å². The van der Waals surface area contributed by atoms with Crippen LogP contribution in [0.15, 0.2) is 59.5 Å². The largest absolute Gasteiger partial charge is 0.462 e. The SMILES string of the molecule is CCOC(=O)c1ccc(S(=O)(=O)N[C@@H](c2ccccc2)c2nnc(C)n2C)cc1. The van der Waals surface area contributed by atoms with Gasteiger partial charge in [-0.3, -0.25) is 0 Å². The smallest absolute Gasteiger partial charge is 0.338 e. The summed E-state index contributed by atoms with van der Waals surface area (Å²) in [5, 5.41) is 8.19. The number of hydrogen-bond acceptors (Lipinski definition) is 6. The summed E-state index contributed by atoms with van der Waals surface area (Å²) >= 11 is 0. The van der Waals surface area contributed by atoms with Crippen molar-refractivity contribution < 1.29 is 17.9 Å². The van der Waals surface area contributed by atoms with Crippen LogP contribution >= 0.6 is 0 Å². The number of benzene rings is 2. The zero-order valence-electron chi connectivity index (χ0n) is 16.4. The zero-order valence-corrected chi connectivity index (χ0v) is 17.2. The number of sulfonamides is 1. The van der Waals surface area contributed by atoms with Gasteiger partial charge in [0.05, 0.1) is 17.1 Å². The average Bonchev–Trinajstić information content (AvgIpc) is 3.05. The normalized spacial score (nSPS) is 12.5. The summed E-state index contributed by atoms with van der Waals surface area (Å²) in [6.07, 6.45) is 0. The van der Waals surface area contributed by atoms with Gasteiger partial charge >= 0.3 is 5.97 Å². The summed E-state index contributed by atoms with van der Waals surface area (Å²) in [6.45, 7) is 3.75. The predicted molar refractivity (Wildman–Crippen MR) is 107 cm³/mol. The molecule has 0 bridgehead atoms. The Balaban J connectivity index is 1.94. The van der Waals surface area contributed by atoms with Gasteiger partial charge < -0.3 is 9.30 Å². The summed E-state index contributed by atoms with van der Waals surface area (Å²) in [4.78, 5) is 11.8. The monoisotopic (exact) mass is 414 g/mol. The lowest BCUT2D eigenvalue weighted by molar-refractivity contribution is 0.0526. The van der Waals surface area contributed by atoms with Crippen molar-refractivity contribution in [1.29, 1.82) is 0 Å². The van der Waals surface area contributed by atoms with Gasteiger partial charge in [-0.15, -0.1) is 10.2 Å². The highest BCUT2D eigenvalue weighted by Gasteiger charge is 2.27. The second-order valence-electron chi connectivity index (χ2n) is 6.37. The Kier molecular flexibility index (Phi) is 6.09. The van der Waals surface area contributed by atoms with Crippen LogP contribution in [0.5, 0.6) is 0 Å². The summed E-state index contributed by atoms with van der Waals surface area (Å²) in [5.41, 5.74) is 1.02. The Morgan fingerprint density at radius 2 is 1.76 bits per heavy atom. The minimum atomic E-state index is -3.90. The molecule has 0 radical (unpaired) electrons. The van der Waals surface area contributed by atoms with Crippen molar-refractivity contribution in [2.24, 2.45) is 7.05 Å². The topological polar surface area (TPSA) is 103 Å². The third-order valence-electron chi connectivity index (χ3n) is 4.47. The van der Waals surface area contributed by atoms with E-state index < -0.39 is 22.0 Å². The van der Waals surface area contributed by atoms with Crippen molar-refractivity contribution in [2.45, 2.75) is 24.8 Å². The lowest BCUT2D eigenvalue weighted by Crippen LogP contribution is -2.31. The first kappa shape index (κ1) is 20.7. The molecule has 1 atom stereocenters. The van der Waals surface area contributed by atoms with Crippen molar-refractivity contribution in [3.05, 3.63) is 77.4 Å². The standard InChI is InChI=1S/C20H22N4O4S/c1-4-28-20(25)16-10-12-17(13-11-16)29(26,27)23-18(15-8-6-5-7-9-15)19-22-21-14(2)24(19)3/h5-13,18,23H,4H2,1-3H3/t18-/m0/s1. The number of aromatic nitrogens is 3. The van der Waals surface area contributed by atoms with Crippen LogP contribution in [0, 0.1) is 6.92 Å². The molecule has 1 aromatic heterocycles. The van der Waals surface area contributed by atoms with Gasteiger partial charge in [0.2, 0.25) is 10.0 Å². The van der Waals surface area contributed by atoms with Crippen molar-refractivity contribution in [2.75, 3.05) is 6.61 Å². The van der Waals surface area contributed by atoms with Gasteiger partial charge in [-0.1, -0.05) is 30.3 Å². The molecule has 3 aromatic rings. The van der Waals surface area contributed by atoms with E-state index in [0.29, 0.717) is 11.6 Å². The minimum absolute atomic E-state index is 0.0327. The molecule has 0 spiro atoms. The van der Waals surface area contributed by atoms with Crippen molar-refractivity contribution in [3.8, 4) is 0 Å². The molecule has 0 unspecified atom stereocenters. The molecule has 1 heterocycles. The number of nitrogens with zero attached hydrogens (tertiary/aromatic N) is 3. The highest BCUT2D eigenvalue weighted by molar-refractivity contribution is 7.89. The lowest BCUT2D eigenvalue weighted by Gasteiger charge is -2.19. The molecule has 152 valence electrons. The van der Waals surface area contributed by atoms with Gasteiger partial charge in [0.15, 0.2) is 5.82 Å². The second kappa shape index (κ2) is 8.54. The van der Waals surface area contributed by atoms with Gasteiger partial charge in [0.25, 0.3) is 0 Å². The number of esters is 1. The molecule has 29 heavy (non-hydrogen) atoms. The van der Waals surface area contributed by atoms with E-state index in [1.54, 1.807) is 25.5 Å². The minimum Gasteiger partial charge on any atom is -0.462 e. The molecule has 0 amide bonds. The molecule has 0 saturated heterocycles. The Hall–Kier alpha value is -3.04. The summed E-state index contributed by atoms with van der Waals surface area (Å²) in [5.74, 6) is 0.639. The van der Waals surface area contributed by atoms with Crippen LogP contribution in [-0.2, 0) is 21.8 Å². The molecule has 0 aliphatic rings. The fourth-order valence-corrected chi connectivity index (χ4v) is 3.98. The van der Waals surface area contributed by atoms with E-state index >= 15 is 0 Å². The number of hydrogen-bond donors (Lipinski definition) is 1. The number of ether oxygens (including phenoxy) is 1. The fraction of sp³-hybridized carbons (Fsp3) is 0.250. The fourth-order valence-electron chi connectivity index (χ4n) is 2.80. The summed E-state index contributed by atoms with van der Waals surface area (Å²) < 4.78 is 35.4. The Morgan fingerprint density at radius 1 is 1.10 bits per heavy atom. The van der Waals surface area contributed by atoms with Crippen LogP contribution in [-0.4, -0.2) is 35.8 Å². The van der Waals surface area contributed by atoms with E-state index in [1.807, 2.05) is 30.3 Å². The number of rotatable bonds is 7. The van der Waals surface area contributed by atoms with Crippen molar-refractivity contribution in [3.63, 3.8) is 0 Å². The molecule has 0 aliphatic heterocycles. The maximum absolute atomic E-state index is 13.0. The second-order valence-corrected chi connectivity index (χ2v) is 8.09. The van der Waals surface area contributed by atoms with E-state index in [9.17, 15) is 13.2 Å². The van der Waals surface area contributed by atoms with Gasteiger partial charge in [-0.2, -0.15) is 4.72 Å². The van der Waals surface area contributed by atoms with Gasteiger partial charge in [0.1, 0.15) is 11.9 Å². The van der Waals surface area contributed by atoms with E-state index in [2.05, 4.69) is 14.9 Å². The number of carbonyl (C=O) groups is 1. The number of nitrogens with one attached hydrogen (secondary N) is 1. The van der Waals surface area contributed by atoms with Crippen molar-refractivity contribution >= 4 is 16.0 Å². The molecule has 0 aliphatic carbocycles. The molecular weight excluding hydrogens is 392 g/mol. The zero-order chi connectivity index (χ0) is 21.0. The number of carbonyl (C=O) groups excluding carboxylic acids is 1. The first-order valence-electron chi connectivity index (χ1n) is 9.04. The van der Waals surface area contributed by atoms with Crippen LogP contribution in [0.1, 0.15) is 40.5 Å². The average molecular weight is 414 g/mol. The van der Waals surface area contributed by atoms with Crippen LogP contribution in [0.3, 0.4) is 0 Å². The molecule has 8 nitrogen and oxygen atoms in total. The first-order chi connectivity index (χ1) is 13.8. The van der Waals surface area contributed by atoms with Crippen LogP contribution < -0.4 is 4.72 Å². The van der Waals surface area contributed by atoms with Crippen molar-refractivity contribution in [1.82, 2.24) is 19.5 Å². The third-order valence-corrected chi connectivity index (χ3v) is 5.90. The Labute approximate surface area is 169 Å². The molecule has 2 aromatic carbocycles. The molecule has 9 heteroatoms. The molecule has 0 fully saturated rings. The highest BCUT2D eigenvalue weighted by Crippen LogP contribution is 2.23. The first-order valence-corrected chi connectivity index (χ1v) is 10.5. The summed E-state index contributed by atoms with van der Waals surface area (Å²) in [7, 11) is -2.12. The molecule has 1 N–H and O–H groups in total. The summed E-state index contributed by atoms with van der Waals surface area (Å²) in [6, 6.07) is 14.0. The predicted octanol–water partition coefficient (Wildman–Crippen LogP) is 2.37.